The first-order chi connectivity index (χ1) is 6.36. The summed E-state index contributed by atoms with van der Waals surface area (Å²) in [7, 11) is 0. The fourth-order valence-corrected chi connectivity index (χ4v) is 1.09. The molecular formula is C11H9N2. The predicted molar refractivity (Wildman–Crippen MR) is 51.9 cm³/mol. The predicted octanol–water partition coefficient (Wildman–Crippen LogP) is 2.33. The number of nitrogens with zero attached hydrogens (tertiary/aromatic N) is 2. The quantitative estimate of drug-likeness (QED) is 0.654. The first-order valence-electron chi connectivity index (χ1n) is 4.06. The zero-order chi connectivity index (χ0) is 9.10. The molecule has 1 aromatic heterocycles. The molecule has 0 saturated carbocycles. The number of hydrogen-bond acceptors (Lipinski definition) is 2. The van der Waals surface area contributed by atoms with E-state index in [9.17, 15) is 0 Å². The lowest BCUT2D eigenvalue weighted by Crippen LogP contribution is -1.88. The Kier molecular flexibility index (Phi) is 2.04. The molecule has 0 saturated heterocycles. The van der Waals surface area contributed by atoms with Crippen LogP contribution in [-0.4, -0.2) is 9.97 Å². The lowest BCUT2D eigenvalue weighted by atomic mass is 10.2. The zero-order valence-corrected chi connectivity index (χ0v) is 7.14. The van der Waals surface area contributed by atoms with Crippen LogP contribution in [0.2, 0.25) is 0 Å². The van der Waals surface area contributed by atoms with E-state index < -0.39 is 0 Å². The normalized spacial score (nSPS) is 9.92. The molecule has 0 atom stereocenters. The molecule has 0 unspecified atom stereocenters. The van der Waals surface area contributed by atoms with Crippen molar-refractivity contribution in [1.29, 1.82) is 0 Å². The second-order valence-electron chi connectivity index (χ2n) is 2.78. The highest BCUT2D eigenvalue weighted by molar-refractivity contribution is 5.53. The van der Waals surface area contributed by atoms with Gasteiger partial charge in [-0.1, -0.05) is 30.3 Å². The summed E-state index contributed by atoms with van der Waals surface area (Å²) in [6.45, 7) is 3.73. The fraction of sp³-hybridized carbons (Fsp3) is 0. The van der Waals surface area contributed by atoms with E-state index in [0.717, 1.165) is 17.0 Å². The summed E-state index contributed by atoms with van der Waals surface area (Å²) >= 11 is 0. The highest BCUT2D eigenvalue weighted by atomic mass is 14.9. The molecule has 63 valence electrons. The van der Waals surface area contributed by atoms with Gasteiger partial charge in [-0.05, 0) is 12.5 Å². The Hall–Kier alpha value is -1.70. The number of aromatic nitrogens is 2. The van der Waals surface area contributed by atoms with E-state index in [4.69, 9.17) is 0 Å². The molecule has 0 N–H and O–H groups in total. The topological polar surface area (TPSA) is 25.8 Å². The number of rotatable bonds is 1. The van der Waals surface area contributed by atoms with Crippen molar-refractivity contribution in [2.24, 2.45) is 0 Å². The maximum Gasteiger partial charge on any atom is 0.159 e. The zero-order valence-electron chi connectivity index (χ0n) is 7.14. The van der Waals surface area contributed by atoms with Crippen LogP contribution in [0.1, 0.15) is 5.56 Å². The van der Waals surface area contributed by atoms with Gasteiger partial charge in [0.2, 0.25) is 0 Å². The molecule has 13 heavy (non-hydrogen) atoms. The molecular weight excluding hydrogens is 160 g/mol. The van der Waals surface area contributed by atoms with Crippen molar-refractivity contribution >= 4 is 0 Å². The van der Waals surface area contributed by atoms with E-state index >= 15 is 0 Å². The summed E-state index contributed by atoms with van der Waals surface area (Å²) in [5, 5.41) is 0. The summed E-state index contributed by atoms with van der Waals surface area (Å²) in [6.07, 6.45) is 3.44. The molecule has 2 nitrogen and oxygen atoms in total. The summed E-state index contributed by atoms with van der Waals surface area (Å²) < 4.78 is 0. The average Bonchev–Trinajstić information content (AvgIpc) is 2.20. The second-order valence-corrected chi connectivity index (χ2v) is 2.78. The van der Waals surface area contributed by atoms with Crippen LogP contribution in [-0.2, 0) is 0 Å². The highest BCUT2D eigenvalue weighted by Crippen LogP contribution is 2.12. The monoisotopic (exact) mass is 169 g/mol. The molecule has 0 spiro atoms. The number of benzene rings is 1. The van der Waals surface area contributed by atoms with Crippen LogP contribution in [0, 0.1) is 6.92 Å². The third-order valence-corrected chi connectivity index (χ3v) is 1.74. The van der Waals surface area contributed by atoms with E-state index in [1.807, 2.05) is 30.3 Å². The van der Waals surface area contributed by atoms with Gasteiger partial charge in [0, 0.05) is 18.0 Å². The minimum absolute atomic E-state index is 0.744. The maximum atomic E-state index is 4.17. The average molecular weight is 169 g/mol. The molecule has 0 aliphatic carbocycles. The Balaban J connectivity index is 2.42. The molecule has 1 heterocycles. The molecule has 0 amide bonds. The summed E-state index contributed by atoms with van der Waals surface area (Å²) in [6, 6.07) is 9.88. The molecule has 1 aromatic carbocycles. The van der Waals surface area contributed by atoms with Gasteiger partial charge in [0.25, 0.3) is 0 Å². The van der Waals surface area contributed by atoms with Gasteiger partial charge in [-0.3, -0.25) is 0 Å². The lowest BCUT2D eigenvalue weighted by Gasteiger charge is -1.98. The van der Waals surface area contributed by atoms with Crippen LogP contribution in [0.4, 0.5) is 0 Å². The van der Waals surface area contributed by atoms with Crippen LogP contribution in [0.25, 0.3) is 11.4 Å². The summed E-state index contributed by atoms with van der Waals surface area (Å²) in [4.78, 5) is 8.35. The molecule has 2 aromatic rings. The maximum absolute atomic E-state index is 4.17. The first kappa shape index (κ1) is 7.92. The summed E-state index contributed by atoms with van der Waals surface area (Å²) in [5.41, 5.74) is 1.86. The first-order valence-corrected chi connectivity index (χ1v) is 4.06. The van der Waals surface area contributed by atoms with Gasteiger partial charge in [-0.2, -0.15) is 0 Å². The highest BCUT2D eigenvalue weighted by Gasteiger charge is 1.97. The minimum atomic E-state index is 0.744. The van der Waals surface area contributed by atoms with Crippen molar-refractivity contribution in [3.8, 4) is 11.4 Å². The Morgan fingerprint density at radius 1 is 0.923 bits per heavy atom. The summed E-state index contributed by atoms with van der Waals surface area (Å²) in [5.74, 6) is 0.744. The van der Waals surface area contributed by atoms with E-state index in [1.54, 1.807) is 12.4 Å². The van der Waals surface area contributed by atoms with Crippen LogP contribution in [0.15, 0.2) is 42.7 Å². The van der Waals surface area contributed by atoms with Gasteiger partial charge in [0.05, 0.1) is 0 Å². The van der Waals surface area contributed by atoms with Crippen LogP contribution >= 0.6 is 0 Å². The van der Waals surface area contributed by atoms with Crippen molar-refractivity contribution in [3.05, 3.63) is 55.2 Å². The van der Waals surface area contributed by atoms with E-state index in [0.29, 0.717) is 0 Å². The Morgan fingerprint density at radius 2 is 1.54 bits per heavy atom. The Morgan fingerprint density at radius 3 is 2.15 bits per heavy atom. The van der Waals surface area contributed by atoms with Gasteiger partial charge in [0.1, 0.15) is 0 Å². The largest absolute Gasteiger partial charge is 0.236 e. The lowest BCUT2D eigenvalue weighted by molar-refractivity contribution is 1.16. The smallest absolute Gasteiger partial charge is 0.159 e. The molecule has 0 bridgehead atoms. The van der Waals surface area contributed by atoms with Crippen molar-refractivity contribution in [3.63, 3.8) is 0 Å². The van der Waals surface area contributed by atoms with Gasteiger partial charge < -0.3 is 0 Å². The van der Waals surface area contributed by atoms with Crippen molar-refractivity contribution in [1.82, 2.24) is 9.97 Å². The second kappa shape index (κ2) is 3.35. The third-order valence-electron chi connectivity index (χ3n) is 1.74. The van der Waals surface area contributed by atoms with Gasteiger partial charge >= 0.3 is 0 Å². The Labute approximate surface area is 77.3 Å². The SMILES string of the molecule is [CH2]c1cnc(-c2ccccc2)nc1. The standard InChI is InChI=1S/C11H9N2/c1-9-7-12-11(13-8-9)10-5-3-2-4-6-10/h2-8H,1H2. The molecule has 0 aliphatic heterocycles. The van der Waals surface area contributed by atoms with Crippen LogP contribution in [0.5, 0.6) is 0 Å². The molecule has 2 rings (SSSR count). The van der Waals surface area contributed by atoms with Crippen molar-refractivity contribution in [2.45, 2.75) is 0 Å². The minimum Gasteiger partial charge on any atom is -0.236 e. The van der Waals surface area contributed by atoms with Gasteiger partial charge in [-0.25, -0.2) is 9.97 Å². The molecule has 1 radical (unpaired) electrons. The Bertz CT molecular complexity index is 379. The number of hydrogen-bond donors (Lipinski definition) is 0. The van der Waals surface area contributed by atoms with Gasteiger partial charge in [0.15, 0.2) is 5.82 Å². The van der Waals surface area contributed by atoms with Crippen LogP contribution < -0.4 is 0 Å². The van der Waals surface area contributed by atoms with Crippen molar-refractivity contribution in [2.75, 3.05) is 0 Å². The van der Waals surface area contributed by atoms with E-state index in [2.05, 4.69) is 16.9 Å². The third kappa shape index (κ3) is 1.72. The van der Waals surface area contributed by atoms with E-state index in [-0.39, 0.29) is 0 Å². The molecule has 0 aliphatic rings. The van der Waals surface area contributed by atoms with Gasteiger partial charge in [-0.15, -0.1) is 0 Å². The molecule has 0 fully saturated rings. The fourth-order valence-electron chi connectivity index (χ4n) is 1.09. The molecule has 2 heteroatoms. The van der Waals surface area contributed by atoms with Crippen molar-refractivity contribution < 1.29 is 0 Å². The van der Waals surface area contributed by atoms with E-state index in [1.165, 1.54) is 0 Å². The van der Waals surface area contributed by atoms with Crippen LogP contribution in [0.3, 0.4) is 0 Å².